The largest absolute Gasteiger partial charge is 0.416 e. The van der Waals surface area contributed by atoms with Gasteiger partial charge in [0.15, 0.2) is 0 Å². The summed E-state index contributed by atoms with van der Waals surface area (Å²) in [5.74, 6) is -0.240. The van der Waals surface area contributed by atoms with Crippen molar-refractivity contribution in [2.75, 3.05) is 13.1 Å². The Morgan fingerprint density at radius 3 is 2.05 bits per heavy atom. The Kier molecular flexibility index (Phi) is 10.4. The number of benzene rings is 3. The van der Waals surface area contributed by atoms with Crippen LogP contribution in [0.1, 0.15) is 33.5 Å². The van der Waals surface area contributed by atoms with E-state index in [1.807, 2.05) is 0 Å². The number of halogens is 4. The van der Waals surface area contributed by atoms with Crippen LogP contribution >= 0.6 is 22.4 Å². The quantitative estimate of drug-likeness (QED) is 0.200. The van der Waals surface area contributed by atoms with Crippen LogP contribution in [0.3, 0.4) is 0 Å². The lowest BCUT2D eigenvalue weighted by Gasteiger charge is -2.09. The third-order valence-corrected chi connectivity index (χ3v) is 8.19. The number of rotatable bonds is 12. The molecular formula is C25H25ClF3N3O3S2. The van der Waals surface area contributed by atoms with Gasteiger partial charge in [0.25, 0.3) is 15.0 Å². The van der Waals surface area contributed by atoms with Crippen LogP contribution in [-0.2, 0) is 28.3 Å². The molecule has 0 fully saturated rings. The van der Waals surface area contributed by atoms with E-state index in [0.29, 0.717) is 51.3 Å². The highest BCUT2D eigenvalue weighted by Gasteiger charge is 2.29. The Balaban J connectivity index is 1.34. The Hall–Kier alpha value is -2.57. The molecule has 37 heavy (non-hydrogen) atoms. The van der Waals surface area contributed by atoms with Crippen molar-refractivity contribution in [3.05, 3.63) is 100 Å². The van der Waals surface area contributed by atoms with Gasteiger partial charge in [0, 0.05) is 45.9 Å². The Morgan fingerprint density at radius 2 is 1.43 bits per heavy atom. The molecule has 198 valence electrons. The summed E-state index contributed by atoms with van der Waals surface area (Å²) in [5.41, 5.74) is 1.32. The van der Waals surface area contributed by atoms with E-state index in [1.54, 1.807) is 48.5 Å². The molecule has 3 aromatic rings. The predicted octanol–water partition coefficient (Wildman–Crippen LogP) is 5.40. The first-order valence-corrected chi connectivity index (χ1v) is 14.4. The summed E-state index contributed by atoms with van der Waals surface area (Å²) < 4.78 is 64.9. The van der Waals surface area contributed by atoms with Gasteiger partial charge in [0.05, 0.1) is 5.56 Å². The number of carbonyl (C=O) groups is 1. The first-order chi connectivity index (χ1) is 17.5. The van der Waals surface area contributed by atoms with Crippen LogP contribution in [0.4, 0.5) is 13.2 Å². The maximum absolute atomic E-state index is 12.6. The van der Waals surface area contributed by atoms with Crippen LogP contribution in [0.25, 0.3) is 0 Å². The van der Waals surface area contributed by atoms with Crippen LogP contribution in [-0.4, -0.2) is 27.4 Å². The van der Waals surface area contributed by atoms with Crippen LogP contribution < -0.4 is 15.4 Å². The molecule has 0 aliphatic heterocycles. The Morgan fingerprint density at radius 1 is 0.838 bits per heavy atom. The van der Waals surface area contributed by atoms with E-state index in [1.165, 1.54) is 12.1 Å². The molecule has 0 spiro atoms. The first kappa shape index (κ1) is 29.0. The Labute approximate surface area is 222 Å². The molecule has 0 radical (unpaired) electrons. The highest BCUT2D eigenvalue weighted by atomic mass is 35.5. The van der Waals surface area contributed by atoms with Crippen molar-refractivity contribution in [1.29, 1.82) is 0 Å². The van der Waals surface area contributed by atoms with Gasteiger partial charge < -0.3 is 10.6 Å². The standard InChI is InChI=1S/C25H25ClF3N3O3S2/c26-22-10-6-20(7-11-22)24(33)31-17-19-4-12-23(13-5-19)36-37(34,35)32-15-1-14-30-16-18-2-8-21(9-3-18)25(27,28)29/h2-13,30,32H,1,14-17H2,(H,31,33). The van der Waals surface area contributed by atoms with E-state index in [-0.39, 0.29) is 19.0 Å². The van der Waals surface area contributed by atoms with Crippen molar-refractivity contribution in [2.24, 2.45) is 0 Å². The fraction of sp³-hybridized carbons (Fsp3) is 0.240. The summed E-state index contributed by atoms with van der Waals surface area (Å²) in [5, 5.41) is 6.42. The maximum Gasteiger partial charge on any atom is 0.416 e. The molecule has 0 heterocycles. The molecule has 6 nitrogen and oxygen atoms in total. The summed E-state index contributed by atoms with van der Waals surface area (Å²) >= 11 is 5.82. The average molecular weight is 572 g/mol. The van der Waals surface area contributed by atoms with E-state index in [2.05, 4.69) is 15.4 Å². The molecule has 3 aromatic carbocycles. The number of amides is 1. The van der Waals surface area contributed by atoms with Gasteiger partial charge in [-0.3, -0.25) is 4.79 Å². The van der Waals surface area contributed by atoms with E-state index in [9.17, 15) is 26.4 Å². The molecule has 0 aliphatic carbocycles. The second-order valence-electron chi connectivity index (χ2n) is 7.99. The molecule has 0 aromatic heterocycles. The summed E-state index contributed by atoms with van der Waals surface area (Å²) in [6, 6.07) is 18.2. The van der Waals surface area contributed by atoms with Crippen molar-refractivity contribution >= 4 is 37.4 Å². The lowest BCUT2D eigenvalue weighted by atomic mass is 10.1. The van der Waals surface area contributed by atoms with Gasteiger partial charge in [-0.15, -0.1) is 0 Å². The van der Waals surface area contributed by atoms with Crippen molar-refractivity contribution < 1.29 is 26.4 Å². The van der Waals surface area contributed by atoms with Crippen molar-refractivity contribution in [2.45, 2.75) is 30.6 Å². The Bertz CT molecular complexity index is 1270. The van der Waals surface area contributed by atoms with E-state index in [0.717, 1.165) is 17.7 Å². The molecule has 0 unspecified atom stereocenters. The monoisotopic (exact) mass is 571 g/mol. The van der Waals surface area contributed by atoms with Crippen molar-refractivity contribution in [3.8, 4) is 0 Å². The lowest BCUT2D eigenvalue weighted by molar-refractivity contribution is -0.137. The van der Waals surface area contributed by atoms with Gasteiger partial charge >= 0.3 is 6.18 Å². The second-order valence-corrected chi connectivity index (χ2v) is 12.1. The maximum atomic E-state index is 12.6. The number of hydrogen-bond donors (Lipinski definition) is 3. The van der Waals surface area contributed by atoms with E-state index >= 15 is 0 Å². The number of alkyl halides is 3. The molecule has 0 atom stereocenters. The molecule has 0 saturated carbocycles. The third kappa shape index (κ3) is 10.0. The summed E-state index contributed by atoms with van der Waals surface area (Å²) in [7, 11) is -2.93. The van der Waals surface area contributed by atoms with Gasteiger partial charge in [0.2, 0.25) is 0 Å². The second kappa shape index (κ2) is 13.3. The minimum absolute atomic E-state index is 0.212. The molecule has 0 saturated heterocycles. The van der Waals surface area contributed by atoms with E-state index < -0.39 is 20.8 Å². The fourth-order valence-electron chi connectivity index (χ4n) is 3.16. The van der Waals surface area contributed by atoms with Crippen LogP contribution in [0.5, 0.6) is 0 Å². The van der Waals surface area contributed by atoms with Gasteiger partial charge in [-0.25, -0.2) is 13.1 Å². The predicted molar refractivity (Wildman–Crippen MR) is 140 cm³/mol. The lowest BCUT2D eigenvalue weighted by Crippen LogP contribution is -2.25. The van der Waals surface area contributed by atoms with Crippen LogP contribution in [0.2, 0.25) is 5.02 Å². The van der Waals surface area contributed by atoms with Gasteiger partial charge in [-0.05, 0) is 72.6 Å². The van der Waals surface area contributed by atoms with E-state index in [4.69, 9.17) is 11.6 Å². The normalized spacial score (nSPS) is 11.9. The van der Waals surface area contributed by atoms with Gasteiger partial charge in [-0.2, -0.15) is 13.2 Å². The van der Waals surface area contributed by atoms with Gasteiger partial charge in [0.1, 0.15) is 0 Å². The van der Waals surface area contributed by atoms with Crippen molar-refractivity contribution in [3.63, 3.8) is 0 Å². The molecule has 0 aliphatic rings. The topological polar surface area (TPSA) is 87.3 Å². The number of nitrogens with one attached hydrogen (secondary N) is 3. The molecule has 1 amide bonds. The fourth-order valence-corrected chi connectivity index (χ4v) is 5.76. The molecule has 3 N–H and O–H groups in total. The summed E-state index contributed by atoms with van der Waals surface area (Å²) in [6.45, 7) is 1.37. The zero-order chi connectivity index (χ0) is 26.9. The summed E-state index contributed by atoms with van der Waals surface area (Å²) in [4.78, 5) is 12.7. The highest BCUT2D eigenvalue weighted by molar-refractivity contribution is 8.71. The highest BCUT2D eigenvalue weighted by Crippen LogP contribution is 2.29. The average Bonchev–Trinajstić information content (AvgIpc) is 2.85. The number of carbonyl (C=O) groups excluding carboxylic acids is 1. The molecule has 3 rings (SSSR count). The molecule has 0 bridgehead atoms. The zero-order valence-electron chi connectivity index (χ0n) is 19.5. The van der Waals surface area contributed by atoms with Crippen LogP contribution in [0.15, 0.2) is 77.7 Å². The SMILES string of the molecule is O=C(NCc1ccc(SS(=O)(=O)NCCCNCc2ccc(C(F)(F)F)cc2)cc1)c1ccc(Cl)cc1. The molecule has 12 heteroatoms. The smallest absolute Gasteiger partial charge is 0.348 e. The van der Waals surface area contributed by atoms with Gasteiger partial charge in [-0.1, -0.05) is 35.9 Å². The van der Waals surface area contributed by atoms with Crippen LogP contribution in [0, 0.1) is 0 Å². The minimum Gasteiger partial charge on any atom is -0.348 e. The third-order valence-electron chi connectivity index (χ3n) is 5.11. The minimum atomic E-state index is -4.36. The molecular weight excluding hydrogens is 547 g/mol. The van der Waals surface area contributed by atoms with Crippen molar-refractivity contribution in [1.82, 2.24) is 15.4 Å². The number of hydrogen-bond acceptors (Lipinski definition) is 5. The first-order valence-electron chi connectivity index (χ1n) is 11.2. The summed E-state index contributed by atoms with van der Waals surface area (Å²) in [6.07, 6.45) is -3.86. The zero-order valence-corrected chi connectivity index (χ0v) is 21.9.